The molecule has 1 unspecified atom stereocenters. The number of carbonyl (C=O) groups is 1. The van der Waals surface area contributed by atoms with Gasteiger partial charge < -0.3 is 36.6 Å². The molecule has 0 bridgehead atoms. The number of hydrogen-bond acceptors (Lipinski definition) is 10. The summed E-state index contributed by atoms with van der Waals surface area (Å²) in [5.41, 5.74) is 15.0. The van der Waals surface area contributed by atoms with E-state index < -0.39 is 0 Å². The van der Waals surface area contributed by atoms with Crippen molar-refractivity contribution in [3.05, 3.63) is 34.5 Å². The van der Waals surface area contributed by atoms with Gasteiger partial charge in [-0.1, -0.05) is 0 Å². The highest BCUT2D eigenvalue weighted by molar-refractivity contribution is 7.19. The molecule has 1 aromatic carbocycles. The van der Waals surface area contributed by atoms with Crippen molar-refractivity contribution in [3.63, 3.8) is 0 Å². The lowest BCUT2D eigenvalue weighted by Gasteiger charge is -2.29. The summed E-state index contributed by atoms with van der Waals surface area (Å²) in [5.74, 6) is 1.35. The van der Waals surface area contributed by atoms with Gasteiger partial charge in [0.25, 0.3) is 0 Å². The van der Waals surface area contributed by atoms with Crippen LogP contribution in [0.2, 0.25) is 0 Å². The lowest BCUT2D eigenvalue weighted by atomic mass is 9.97. The Balaban J connectivity index is 0.000000301. The Kier molecular flexibility index (Phi) is 8.91. The fourth-order valence-corrected chi connectivity index (χ4v) is 5.64. The number of nitrogens with zero attached hydrogens (tertiary/aromatic N) is 3. The summed E-state index contributed by atoms with van der Waals surface area (Å²) >= 11 is 1.76. The molecule has 1 fully saturated rings. The molecule has 6 N–H and O–H groups in total. The van der Waals surface area contributed by atoms with E-state index in [0.717, 1.165) is 41.8 Å². The van der Waals surface area contributed by atoms with Gasteiger partial charge >= 0.3 is 0 Å². The van der Waals surface area contributed by atoms with Gasteiger partial charge in [0.1, 0.15) is 28.8 Å². The number of aromatic nitrogens is 2. The van der Waals surface area contributed by atoms with Crippen LogP contribution in [0.1, 0.15) is 42.7 Å². The molecule has 11 heteroatoms. The molecule has 3 heterocycles. The fraction of sp³-hybridized carbons (Fsp3) is 0.462. The van der Waals surface area contributed by atoms with E-state index in [4.69, 9.17) is 26.4 Å². The third-order valence-electron chi connectivity index (χ3n) is 6.56. The van der Waals surface area contributed by atoms with Crippen LogP contribution in [0.4, 0.5) is 17.2 Å². The summed E-state index contributed by atoms with van der Waals surface area (Å²) in [7, 11) is 0. The van der Waals surface area contributed by atoms with E-state index in [1.807, 2.05) is 19.9 Å². The zero-order valence-electron chi connectivity index (χ0n) is 21.3. The van der Waals surface area contributed by atoms with E-state index in [9.17, 15) is 4.79 Å². The monoisotopic (exact) mass is 525 g/mol. The summed E-state index contributed by atoms with van der Waals surface area (Å²) in [6.07, 6.45) is 8.12. The number of hydrogen-bond donors (Lipinski definition) is 4. The number of thiophene rings is 1. The summed E-state index contributed by atoms with van der Waals surface area (Å²) in [4.78, 5) is 23.4. The van der Waals surface area contributed by atoms with Gasteiger partial charge in [-0.2, -0.15) is 0 Å². The molecule has 1 aliphatic carbocycles. The normalized spacial score (nSPS) is 17.8. The third kappa shape index (κ3) is 6.17. The Labute approximate surface area is 220 Å². The van der Waals surface area contributed by atoms with Crippen molar-refractivity contribution >= 4 is 51.4 Å². The van der Waals surface area contributed by atoms with Crippen molar-refractivity contribution in [1.29, 1.82) is 5.41 Å². The van der Waals surface area contributed by atoms with Gasteiger partial charge in [-0.15, -0.1) is 11.3 Å². The van der Waals surface area contributed by atoms with Crippen LogP contribution in [0, 0.1) is 5.41 Å². The molecule has 2 atom stereocenters. The van der Waals surface area contributed by atoms with E-state index in [1.54, 1.807) is 28.6 Å². The second kappa shape index (κ2) is 12.3. The molecule has 1 amide bonds. The van der Waals surface area contributed by atoms with Crippen LogP contribution in [0.3, 0.4) is 0 Å². The number of anilines is 3. The average Bonchev–Trinajstić information content (AvgIpc) is 3.30. The number of rotatable bonds is 7. The standard InChI is InChI=1S/C20H24N6OS.C6H11NO2/c1-11(8-21)27-16-7-14(23)12(9-22)6-15(16)26-19-18-13-4-2-3-5-17(13)28-20(18)25-10-24-19;1-6-4-9-3-2-7(6)5-8/h6-7,9-11,22H,2-5,8,21,23H2,1H3,(H,24,25,26);5-6H,2-4H2,1H3/t11-;/m0./s1. The van der Waals surface area contributed by atoms with Gasteiger partial charge in [0, 0.05) is 41.5 Å². The number of amides is 1. The van der Waals surface area contributed by atoms with Crippen LogP contribution in [0.25, 0.3) is 10.2 Å². The van der Waals surface area contributed by atoms with Crippen LogP contribution >= 0.6 is 11.3 Å². The number of morpholine rings is 1. The number of carbonyl (C=O) groups excluding carboxylic acids is 1. The van der Waals surface area contributed by atoms with Crippen LogP contribution in [0.15, 0.2) is 18.5 Å². The van der Waals surface area contributed by atoms with Gasteiger partial charge in [0.05, 0.1) is 30.3 Å². The number of benzene rings is 1. The molecule has 37 heavy (non-hydrogen) atoms. The quantitative estimate of drug-likeness (QED) is 0.208. The van der Waals surface area contributed by atoms with Crippen LogP contribution in [-0.4, -0.2) is 65.9 Å². The first-order chi connectivity index (χ1) is 17.9. The summed E-state index contributed by atoms with van der Waals surface area (Å²) in [6.45, 7) is 6.38. The second-order valence-corrected chi connectivity index (χ2v) is 10.4. The topological polar surface area (TPSA) is 152 Å². The lowest BCUT2D eigenvalue weighted by molar-refractivity contribution is -0.125. The molecule has 1 saturated heterocycles. The van der Waals surface area contributed by atoms with Crippen molar-refractivity contribution in [2.24, 2.45) is 5.73 Å². The molecule has 10 nitrogen and oxygen atoms in total. The average molecular weight is 526 g/mol. The minimum Gasteiger partial charge on any atom is -0.487 e. The fourth-order valence-electron chi connectivity index (χ4n) is 4.41. The molecule has 0 spiro atoms. The van der Waals surface area contributed by atoms with Crippen molar-refractivity contribution in [1.82, 2.24) is 14.9 Å². The number of nitrogens with one attached hydrogen (secondary N) is 2. The number of nitrogen functional groups attached to an aromatic ring is 1. The molecule has 2 aliphatic rings. The highest BCUT2D eigenvalue weighted by Crippen LogP contribution is 2.40. The van der Waals surface area contributed by atoms with Gasteiger partial charge in [-0.3, -0.25) is 4.79 Å². The summed E-state index contributed by atoms with van der Waals surface area (Å²) in [6, 6.07) is 3.81. The Hall–Kier alpha value is -3.28. The maximum absolute atomic E-state index is 10.2. The highest BCUT2D eigenvalue weighted by atomic mass is 32.1. The molecule has 0 saturated carbocycles. The maximum atomic E-state index is 10.2. The number of ether oxygens (including phenoxy) is 2. The highest BCUT2D eigenvalue weighted by Gasteiger charge is 2.21. The lowest BCUT2D eigenvalue weighted by Crippen LogP contribution is -2.42. The molecular weight excluding hydrogens is 490 g/mol. The van der Waals surface area contributed by atoms with Crippen LogP contribution < -0.4 is 21.5 Å². The minimum absolute atomic E-state index is 0.162. The van der Waals surface area contributed by atoms with Crippen molar-refractivity contribution in [3.8, 4) is 5.75 Å². The largest absolute Gasteiger partial charge is 0.487 e. The first-order valence-corrected chi connectivity index (χ1v) is 13.4. The van der Waals surface area contributed by atoms with Crippen molar-refractivity contribution in [2.45, 2.75) is 51.7 Å². The minimum atomic E-state index is -0.162. The Morgan fingerprint density at radius 1 is 1.35 bits per heavy atom. The van der Waals surface area contributed by atoms with Gasteiger partial charge in [-0.05, 0) is 51.2 Å². The van der Waals surface area contributed by atoms with Gasteiger partial charge in [0.2, 0.25) is 6.41 Å². The SMILES string of the molecule is CC1COCCN1C=O.C[C@@H](CN)Oc1cc(N)c(C=N)cc1Nc1ncnc2sc3c(c12)CCCC3. The van der Waals surface area contributed by atoms with E-state index >= 15 is 0 Å². The van der Waals surface area contributed by atoms with Gasteiger partial charge in [-0.25, -0.2) is 9.97 Å². The molecule has 3 aromatic rings. The van der Waals surface area contributed by atoms with Crippen LogP contribution in [0.5, 0.6) is 5.75 Å². The predicted octanol–water partition coefficient (Wildman–Crippen LogP) is 3.48. The number of fused-ring (bicyclic) bond motifs is 3. The summed E-state index contributed by atoms with van der Waals surface area (Å²) < 4.78 is 11.1. The van der Waals surface area contributed by atoms with E-state index in [0.29, 0.717) is 42.4 Å². The predicted molar refractivity (Wildman–Crippen MR) is 148 cm³/mol. The van der Waals surface area contributed by atoms with E-state index in [1.165, 1.54) is 29.5 Å². The molecule has 2 aromatic heterocycles. The Morgan fingerprint density at radius 3 is 2.86 bits per heavy atom. The number of nitrogens with two attached hydrogens (primary N) is 2. The van der Waals surface area contributed by atoms with Crippen LogP contribution in [-0.2, 0) is 22.4 Å². The smallest absolute Gasteiger partial charge is 0.210 e. The van der Waals surface area contributed by atoms with Crippen molar-refractivity contribution < 1.29 is 14.3 Å². The summed E-state index contributed by atoms with van der Waals surface area (Å²) in [5, 5.41) is 12.1. The molecule has 1 aliphatic heterocycles. The zero-order chi connectivity index (χ0) is 26.4. The molecule has 0 radical (unpaired) electrons. The van der Waals surface area contributed by atoms with E-state index in [2.05, 4.69) is 15.3 Å². The first kappa shape index (κ1) is 26.8. The molecular formula is C26H35N7O3S. The Bertz CT molecular complexity index is 1250. The van der Waals surface area contributed by atoms with Gasteiger partial charge in [0.15, 0.2) is 0 Å². The first-order valence-electron chi connectivity index (χ1n) is 12.6. The number of aryl methyl sites for hydroxylation is 2. The molecule has 198 valence electrons. The van der Waals surface area contributed by atoms with Crippen molar-refractivity contribution in [2.75, 3.05) is 37.4 Å². The Morgan fingerprint density at radius 2 is 2.16 bits per heavy atom. The molecule has 5 rings (SSSR count). The third-order valence-corrected chi connectivity index (χ3v) is 7.76. The zero-order valence-corrected chi connectivity index (χ0v) is 22.1. The maximum Gasteiger partial charge on any atom is 0.210 e. The second-order valence-electron chi connectivity index (χ2n) is 9.29. The van der Waals surface area contributed by atoms with E-state index in [-0.39, 0.29) is 12.1 Å².